The molecule has 0 aliphatic heterocycles. The summed E-state index contributed by atoms with van der Waals surface area (Å²) in [6, 6.07) is 12.1. The number of rotatable bonds is 8. The minimum absolute atomic E-state index is 0.136. The first kappa shape index (κ1) is 22.5. The molecule has 0 unspecified atom stereocenters. The summed E-state index contributed by atoms with van der Waals surface area (Å²) in [6.45, 7) is 11.7. The Labute approximate surface area is 175 Å². The highest BCUT2D eigenvalue weighted by Gasteiger charge is 2.25. The SMILES string of the molecule is C=C(C)c1cccc(C(C)(C)NC(=O)Nc2cc(SCCC)ccc2[N+](=O)[O-])c1. The number of nitrogens with zero attached hydrogens (tertiary/aromatic N) is 1. The van der Waals surface area contributed by atoms with Crippen LogP contribution in [0.1, 0.15) is 45.2 Å². The number of urea groups is 1. The summed E-state index contributed by atoms with van der Waals surface area (Å²) in [5, 5.41) is 16.9. The van der Waals surface area contributed by atoms with Gasteiger partial charge in [-0.3, -0.25) is 10.1 Å². The first-order chi connectivity index (χ1) is 13.6. The molecule has 6 nitrogen and oxygen atoms in total. The lowest BCUT2D eigenvalue weighted by Crippen LogP contribution is -2.43. The normalized spacial score (nSPS) is 11.0. The zero-order chi connectivity index (χ0) is 21.6. The third-order valence-electron chi connectivity index (χ3n) is 4.39. The molecule has 0 heterocycles. The van der Waals surface area contributed by atoms with Gasteiger partial charge in [-0.15, -0.1) is 11.8 Å². The fourth-order valence-corrected chi connectivity index (χ4v) is 3.57. The molecule has 154 valence electrons. The summed E-state index contributed by atoms with van der Waals surface area (Å²) in [7, 11) is 0. The van der Waals surface area contributed by atoms with E-state index in [1.165, 1.54) is 6.07 Å². The molecule has 0 fully saturated rings. The molecular weight excluding hydrogens is 386 g/mol. The lowest BCUT2D eigenvalue weighted by atomic mass is 9.92. The van der Waals surface area contributed by atoms with Gasteiger partial charge in [-0.2, -0.15) is 0 Å². The molecule has 0 aliphatic rings. The van der Waals surface area contributed by atoms with E-state index in [0.29, 0.717) is 0 Å². The molecule has 2 amide bonds. The smallest absolute Gasteiger partial charge is 0.320 e. The summed E-state index contributed by atoms with van der Waals surface area (Å²) in [5.41, 5.74) is 2.20. The van der Waals surface area contributed by atoms with Gasteiger partial charge in [-0.05, 0) is 62.3 Å². The van der Waals surface area contributed by atoms with Crippen molar-refractivity contribution in [2.75, 3.05) is 11.1 Å². The van der Waals surface area contributed by atoms with E-state index in [4.69, 9.17) is 0 Å². The van der Waals surface area contributed by atoms with Gasteiger partial charge in [0.15, 0.2) is 0 Å². The third-order valence-corrected chi connectivity index (χ3v) is 5.59. The van der Waals surface area contributed by atoms with Crippen LogP contribution in [0.15, 0.2) is 53.9 Å². The van der Waals surface area contributed by atoms with Gasteiger partial charge in [0, 0.05) is 11.0 Å². The van der Waals surface area contributed by atoms with Crippen LogP contribution < -0.4 is 10.6 Å². The quantitative estimate of drug-likeness (QED) is 0.307. The first-order valence-corrected chi connectivity index (χ1v) is 10.4. The van der Waals surface area contributed by atoms with Crippen LogP contribution in [0.25, 0.3) is 5.57 Å². The van der Waals surface area contributed by atoms with Crippen molar-refractivity contribution in [1.82, 2.24) is 5.32 Å². The number of amides is 2. The van der Waals surface area contributed by atoms with E-state index < -0.39 is 16.5 Å². The summed E-state index contributed by atoms with van der Waals surface area (Å²) < 4.78 is 0. The standard InChI is InChI=1S/C22H27N3O3S/c1-6-12-29-18-10-11-20(25(27)28)19(14-18)23-21(26)24-22(4,5)17-9-7-8-16(13-17)15(2)3/h7-11,13-14H,2,6,12H2,1,3-5H3,(H2,23,24,26). The molecular formula is C22H27N3O3S. The van der Waals surface area contributed by atoms with Gasteiger partial charge in [0.1, 0.15) is 5.69 Å². The molecule has 0 aromatic heterocycles. The van der Waals surface area contributed by atoms with Crippen molar-refractivity contribution in [2.24, 2.45) is 0 Å². The lowest BCUT2D eigenvalue weighted by molar-refractivity contribution is -0.384. The molecule has 0 radical (unpaired) electrons. The second-order valence-corrected chi connectivity index (χ2v) is 8.52. The van der Waals surface area contributed by atoms with Crippen LogP contribution in [0, 0.1) is 10.1 Å². The Balaban J connectivity index is 2.21. The van der Waals surface area contributed by atoms with Crippen molar-refractivity contribution in [2.45, 2.75) is 44.6 Å². The Bertz CT molecular complexity index is 925. The zero-order valence-corrected chi connectivity index (χ0v) is 18.1. The Morgan fingerprint density at radius 1 is 1.24 bits per heavy atom. The highest BCUT2D eigenvalue weighted by molar-refractivity contribution is 7.99. The number of benzene rings is 2. The highest BCUT2D eigenvalue weighted by Crippen LogP contribution is 2.31. The molecule has 2 aromatic rings. The van der Waals surface area contributed by atoms with Gasteiger partial charge in [0.2, 0.25) is 0 Å². The number of carbonyl (C=O) groups is 1. The molecule has 0 bridgehead atoms. The number of hydrogen-bond donors (Lipinski definition) is 2. The molecule has 2 N–H and O–H groups in total. The molecule has 0 spiro atoms. The fraction of sp³-hybridized carbons (Fsp3) is 0.318. The number of thioether (sulfide) groups is 1. The van der Waals surface area contributed by atoms with Crippen LogP contribution in [-0.2, 0) is 5.54 Å². The molecule has 2 aromatic carbocycles. The van der Waals surface area contributed by atoms with Crippen LogP contribution in [0.3, 0.4) is 0 Å². The summed E-state index contributed by atoms with van der Waals surface area (Å²) >= 11 is 1.59. The summed E-state index contributed by atoms with van der Waals surface area (Å²) in [6.07, 6.45) is 0.988. The number of nitro groups is 1. The van der Waals surface area contributed by atoms with E-state index in [1.807, 2.05) is 45.0 Å². The highest BCUT2D eigenvalue weighted by atomic mass is 32.2. The van der Waals surface area contributed by atoms with E-state index in [2.05, 4.69) is 24.1 Å². The van der Waals surface area contributed by atoms with Crippen molar-refractivity contribution in [3.05, 3.63) is 70.3 Å². The first-order valence-electron chi connectivity index (χ1n) is 9.41. The molecule has 0 atom stereocenters. The van der Waals surface area contributed by atoms with Gasteiger partial charge in [-0.25, -0.2) is 4.79 Å². The Morgan fingerprint density at radius 2 is 1.97 bits per heavy atom. The van der Waals surface area contributed by atoms with Crippen molar-refractivity contribution in [3.8, 4) is 0 Å². The third kappa shape index (κ3) is 6.09. The number of anilines is 1. The molecule has 2 rings (SSSR count). The molecule has 0 aliphatic carbocycles. The second-order valence-electron chi connectivity index (χ2n) is 7.35. The number of nitro benzene ring substituents is 1. The summed E-state index contributed by atoms with van der Waals surface area (Å²) in [5.74, 6) is 0.898. The van der Waals surface area contributed by atoms with E-state index in [9.17, 15) is 14.9 Å². The topological polar surface area (TPSA) is 84.3 Å². The lowest BCUT2D eigenvalue weighted by Gasteiger charge is -2.27. The van der Waals surface area contributed by atoms with Gasteiger partial charge in [0.25, 0.3) is 5.69 Å². The van der Waals surface area contributed by atoms with E-state index in [-0.39, 0.29) is 11.4 Å². The average Bonchev–Trinajstić information content (AvgIpc) is 2.65. The van der Waals surface area contributed by atoms with Crippen LogP contribution in [0.5, 0.6) is 0 Å². The molecule has 7 heteroatoms. The monoisotopic (exact) mass is 413 g/mol. The van der Waals surface area contributed by atoms with Crippen LogP contribution in [0.4, 0.5) is 16.2 Å². The number of hydrogen-bond acceptors (Lipinski definition) is 4. The largest absolute Gasteiger partial charge is 0.329 e. The van der Waals surface area contributed by atoms with Gasteiger partial charge >= 0.3 is 6.03 Å². The number of nitrogens with one attached hydrogen (secondary N) is 2. The van der Waals surface area contributed by atoms with Crippen molar-refractivity contribution in [1.29, 1.82) is 0 Å². The molecule has 0 saturated carbocycles. The average molecular weight is 414 g/mol. The van der Waals surface area contributed by atoms with Crippen LogP contribution in [0.2, 0.25) is 0 Å². The predicted molar refractivity (Wildman–Crippen MR) is 120 cm³/mol. The zero-order valence-electron chi connectivity index (χ0n) is 17.2. The maximum atomic E-state index is 12.7. The van der Waals surface area contributed by atoms with Crippen molar-refractivity contribution in [3.63, 3.8) is 0 Å². The Kier molecular flexibility index (Phi) is 7.45. The predicted octanol–water partition coefficient (Wildman–Crippen LogP) is 6.19. The van der Waals surface area contributed by atoms with Gasteiger partial charge in [-0.1, -0.05) is 37.3 Å². The van der Waals surface area contributed by atoms with Gasteiger partial charge in [0.05, 0.1) is 10.5 Å². The summed E-state index contributed by atoms with van der Waals surface area (Å²) in [4.78, 5) is 24.4. The second kappa shape index (κ2) is 9.60. The fourth-order valence-electron chi connectivity index (χ4n) is 2.77. The van der Waals surface area contributed by atoms with Crippen LogP contribution >= 0.6 is 11.8 Å². The van der Waals surface area contributed by atoms with E-state index in [1.54, 1.807) is 23.9 Å². The van der Waals surface area contributed by atoms with Gasteiger partial charge < -0.3 is 10.6 Å². The van der Waals surface area contributed by atoms with Crippen molar-refractivity contribution >= 4 is 34.7 Å². The molecule has 0 saturated heterocycles. The maximum Gasteiger partial charge on any atom is 0.320 e. The number of carbonyl (C=O) groups excluding carboxylic acids is 1. The van der Waals surface area contributed by atoms with E-state index in [0.717, 1.165) is 33.8 Å². The molecule has 29 heavy (non-hydrogen) atoms. The van der Waals surface area contributed by atoms with E-state index >= 15 is 0 Å². The Morgan fingerprint density at radius 3 is 2.59 bits per heavy atom. The Hall–Kier alpha value is -2.80. The minimum Gasteiger partial charge on any atom is -0.329 e. The number of allylic oxidation sites excluding steroid dienone is 1. The maximum absolute atomic E-state index is 12.7. The van der Waals surface area contributed by atoms with Crippen LogP contribution in [-0.4, -0.2) is 16.7 Å². The van der Waals surface area contributed by atoms with Crippen molar-refractivity contribution < 1.29 is 9.72 Å². The minimum atomic E-state index is -0.682.